The fraction of sp³-hybridized carbons (Fsp3) is 0.308. The topological polar surface area (TPSA) is 66.8 Å². The van der Waals surface area contributed by atoms with E-state index in [0.29, 0.717) is 17.0 Å². The molecular formula is C26H24F3NO5. The Morgan fingerprint density at radius 1 is 1.09 bits per heavy atom. The number of aromatic nitrogens is 1. The molecule has 0 fully saturated rings. The van der Waals surface area contributed by atoms with Gasteiger partial charge in [0.25, 0.3) is 5.56 Å². The number of carbonyl (C=O) groups is 1. The number of esters is 1. The van der Waals surface area contributed by atoms with Crippen molar-refractivity contribution < 1.29 is 32.2 Å². The Kier molecular flexibility index (Phi) is 6.60. The third-order valence-electron chi connectivity index (χ3n) is 5.99. The van der Waals surface area contributed by atoms with Gasteiger partial charge in [0.1, 0.15) is 11.5 Å². The van der Waals surface area contributed by atoms with Crippen LogP contribution in [0.15, 0.2) is 59.4 Å². The van der Waals surface area contributed by atoms with Gasteiger partial charge in [-0.15, -0.1) is 0 Å². The Morgan fingerprint density at radius 3 is 2.31 bits per heavy atom. The van der Waals surface area contributed by atoms with Crippen LogP contribution in [0.1, 0.15) is 40.8 Å². The highest BCUT2D eigenvalue weighted by molar-refractivity contribution is 5.79. The number of nitrogens with zero attached hydrogens (tertiary/aromatic N) is 1. The highest BCUT2D eigenvalue weighted by Gasteiger charge is 2.44. The number of fused-ring (bicyclic) bond motifs is 1. The van der Waals surface area contributed by atoms with Gasteiger partial charge in [0.2, 0.25) is 6.10 Å². The van der Waals surface area contributed by atoms with Crippen molar-refractivity contribution in [3.05, 3.63) is 92.9 Å². The zero-order valence-corrected chi connectivity index (χ0v) is 19.4. The number of methoxy groups -OCH3 is 1. The molecule has 0 bridgehead atoms. The van der Waals surface area contributed by atoms with Gasteiger partial charge < -0.3 is 18.8 Å². The second-order valence-electron chi connectivity index (χ2n) is 8.19. The maximum atomic E-state index is 13.7. The summed E-state index contributed by atoms with van der Waals surface area (Å²) >= 11 is 0. The average Bonchev–Trinajstić information content (AvgIpc) is 3.21. The van der Waals surface area contributed by atoms with Crippen LogP contribution >= 0.6 is 0 Å². The van der Waals surface area contributed by atoms with Crippen molar-refractivity contribution >= 4 is 5.97 Å². The van der Waals surface area contributed by atoms with E-state index in [1.807, 2.05) is 12.1 Å². The number of carbonyl (C=O) groups excluding carboxylic acids is 1. The maximum absolute atomic E-state index is 13.7. The Labute approximate surface area is 199 Å². The second-order valence-corrected chi connectivity index (χ2v) is 8.19. The molecule has 184 valence electrons. The van der Waals surface area contributed by atoms with E-state index in [-0.39, 0.29) is 30.0 Å². The summed E-state index contributed by atoms with van der Waals surface area (Å²) in [7, 11) is 1.56. The molecule has 35 heavy (non-hydrogen) atoms. The molecule has 1 aliphatic rings. The molecule has 0 unspecified atom stereocenters. The van der Waals surface area contributed by atoms with Gasteiger partial charge >= 0.3 is 12.1 Å². The summed E-state index contributed by atoms with van der Waals surface area (Å²) in [5.41, 5.74) is 0.818. The zero-order chi connectivity index (χ0) is 25.3. The standard InChI is InChI=1S/C26H24F3NO5/c1-4-34-25(32)23-21(17-7-9-18(10-8-17)26(27,28)29)22-20(35-23)13-15(2)30(24(22)31)14-16-5-11-19(33-3)12-6-16/h5-13,21,23H,4,14H2,1-3H3/t21-,23-/m1/s1. The molecule has 0 saturated heterocycles. The third-order valence-corrected chi connectivity index (χ3v) is 5.99. The molecule has 0 aliphatic carbocycles. The second kappa shape index (κ2) is 9.48. The molecule has 4 rings (SSSR count). The summed E-state index contributed by atoms with van der Waals surface area (Å²) < 4.78 is 57.0. The molecule has 2 heterocycles. The lowest BCUT2D eigenvalue weighted by atomic mass is 9.88. The van der Waals surface area contributed by atoms with Crippen LogP contribution in [-0.2, 0) is 22.3 Å². The van der Waals surface area contributed by atoms with E-state index < -0.39 is 29.7 Å². The highest BCUT2D eigenvalue weighted by Crippen LogP contribution is 2.42. The lowest BCUT2D eigenvalue weighted by Gasteiger charge is -2.19. The molecule has 0 N–H and O–H groups in total. The molecule has 0 spiro atoms. The van der Waals surface area contributed by atoms with Crippen molar-refractivity contribution in [1.82, 2.24) is 4.57 Å². The van der Waals surface area contributed by atoms with Crippen molar-refractivity contribution in [2.75, 3.05) is 13.7 Å². The fourth-order valence-corrected chi connectivity index (χ4v) is 4.24. The molecule has 6 nitrogen and oxygen atoms in total. The number of hydrogen-bond acceptors (Lipinski definition) is 5. The van der Waals surface area contributed by atoms with Crippen molar-refractivity contribution in [3.8, 4) is 11.5 Å². The first-order valence-corrected chi connectivity index (χ1v) is 11.0. The van der Waals surface area contributed by atoms with Crippen molar-refractivity contribution in [2.24, 2.45) is 0 Å². The normalized spacial score (nSPS) is 17.0. The Morgan fingerprint density at radius 2 is 1.74 bits per heavy atom. The van der Waals surface area contributed by atoms with Crippen LogP contribution in [0.4, 0.5) is 13.2 Å². The van der Waals surface area contributed by atoms with Gasteiger partial charge in [0.15, 0.2) is 0 Å². The van der Waals surface area contributed by atoms with Gasteiger partial charge in [-0.3, -0.25) is 4.79 Å². The van der Waals surface area contributed by atoms with Gasteiger partial charge in [-0.2, -0.15) is 13.2 Å². The summed E-state index contributed by atoms with van der Waals surface area (Å²) in [5, 5.41) is 0. The first-order valence-electron chi connectivity index (χ1n) is 11.0. The quantitative estimate of drug-likeness (QED) is 0.472. The van der Waals surface area contributed by atoms with Gasteiger partial charge in [-0.1, -0.05) is 24.3 Å². The summed E-state index contributed by atoms with van der Waals surface area (Å²) in [4.78, 5) is 26.4. The predicted molar refractivity (Wildman–Crippen MR) is 122 cm³/mol. The molecule has 3 aromatic rings. The van der Waals surface area contributed by atoms with Crippen molar-refractivity contribution in [3.63, 3.8) is 0 Å². The first kappa shape index (κ1) is 24.4. The first-order chi connectivity index (χ1) is 16.6. The zero-order valence-electron chi connectivity index (χ0n) is 19.4. The van der Waals surface area contributed by atoms with Crippen LogP contribution in [0, 0.1) is 6.92 Å². The van der Waals surface area contributed by atoms with E-state index in [2.05, 4.69) is 0 Å². The molecule has 9 heteroatoms. The number of pyridine rings is 1. The summed E-state index contributed by atoms with van der Waals surface area (Å²) in [6, 6.07) is 13.3. The highest BCUT2D eigenvalue weighted by atomic mass is 19.4. The van der Waals surface area contributed by atoms with Gasteiger partial charge in [-0.05, 0) is 49.2 Å². The van der Waals surface area contributed by atoms with Crippen LogP contribution in [0.5, 0.6) is 11.5 Å². The number of aryl methyl sites for hydroxylation is 1. The van der Waals surface area contributed by atoms with Gasteiger partial charge in [-0.25, -0.2) is 4.79 Å². The maximum Gasteiger partial charge on any atom is 0.416 e. The Hall–Kier alpha value is -3.75. The molecule has 2 aromatic carbocycles. The summed E-state index contributed by atoms with van der Waals surface area (Å²) in [5.74, 6) is -0.699. The minimum Gasteiger partial charge on any atom is -0.497 e. The fourth-order valence-electron chi connectivity index (χ4n) is 4.24. The van der Waals surface area contributed by atoms with Crippen LogP contribution in [0.25, 0.3) is 0 Å². The molecule has 0 saturated carbocycles. The Balaban J connectivity index is 1.80. The molecule has 2 atom stereocenters. The van der Waals surface area contributed by atoms with E-state index in [0.717, 1.165) is 17.7 Å². The van der Waals surface area contributed by atoms with Crippen LogP contribution in [0.2, 0.25) is 0 Å². The van der Waals surface area contributed by atoms with E-state index in [1.165, 1.54) is 12.1 Å². The molecular weight excluding hydrogens is 463 g/mol. The van der Waals surface area contributed by atoms with E-state index >= 15 is 0 Å². The van der Waals surface area contributed by atoms with E-state index in [9.17, 15) is 22.8 Å². The summed E-state index contributed by atoms with van der Waals surface area (Å²) in [6.07, 6.45) is -5.70. The number of benzene rings is 2. The number of alkyl halides is 3. The van der Waals surface area contributed by atoms with E-state index in [1.54, 1.807) is 43.7 Å². The largest absolute Gasteiger partial charge is 0.497 e. The lowest BCUT2D eigenvalue weighted by molar-refractivity contribution is -0.151. The molecule has 1 aromatic heterocycles. The minimum absolute atomic E-state index is 0.0928. The lowest BCUT2D eigenvalue weighted by Crippen LogP contribution is -2.34. The molecule has 0 amide bonds. The average molecular weight is 487 g/mol. The predicted octanol–water partition coefficient (Wildman–Crippen LogP) is 4.69. The van der Waals surface area contributed by atoms with Gasteiger partial charge in [0, 0.05) is 11.8 Å². The molecule has 0 radical (unpaired) electrons. The van der Waals surface area contributed by atoms with Crippen LogP contribution in [0.3, 0.4) is 0 Å². The minimum atomic E-state index is -4.51. The SMILES string of the molecule is CCOC(=O)[C@@H]1Oc2cc(C)n(Cc3ccc(OC)cc3)c(=O)c2[C@H]1c1ccc(C(F)(F)F)cc1. The number of ether oxygens (including phenoxy) is 3. The van der Waals surface area contributed by atoms with Gasteiger partial charge in [0.05, 0.1) is 37.3 Å². The smallest absolute Gasteiger partial charge is 0.416 e. The number of halogens is 3. The number of hydrogen-bond donors (Lipinski definition) is 0. The van der Waals surface area contributed by atoms with Crippen LogP contribution < -0.4 is 15.0 Å². The number of rotatable bonds is 6. The molecule has 1 aliphatic heterocycles. The Bertz CT molecular complexity index is 1280. The van der Waals surface area contributed by atoms with Crippen molar-refractivity contribution in [2.45, 2.75) is 38.6 Å². The monoisotopic (exact) mass is 487 g/mol. The van der Waals surface area contributed by atoms with Crippen molar-refractivity contribution in [1.29, 1.82) is 0 Å². The summed E-state index contributed by atoms with van der Waals surface area (Å²) in [6.45, 7) is 3.74. The van der Waals surface area contributed by atoms with Crippen LogP contribution in [-0.4, -0.2) is 30.4 Å². The third kappa shape index (κ3) is 4.76. The van der Waals surface area contributed by atoms with E-state index in [4.69, 9.17) is 14.2 Å².